The lowest BCUT2D eigenvalue weighted by Crippen LogP contribution is -2.70. The van der Waals surface area contributed by atoms with E-state index in [1.54, 1.807) is 49.4 Å². The molecule has 9 aliphatic rings. The van der Waals surface area contributed by atoms with Gasteiger partial charge in [-0.3, -0.25) is 4.79 Å². The summed E-state index contributed by atoms with van der Waals surface area (Å²) >= 11 is 0. The quantitative estimate of drug-likeness (QED) is 0.157. The van der Waals surface area contributed by atoms with Crippen LogP contribution < -0.4 is 0 Å². The van der Waals surface area contributed by atoms with Crippen molar-refractivity contribution in [3.63, 3.8) is 0 Å². The molecule has 76 heavy (non-hydrogen) atoms. The molecule has 28 unspecified atom stereocenters. The predicted molar refractivity (Wildman–Crippen MR) is 269 cm³/mol. The van der Waals surface area contributed by atoms with E-state index in [0.717, 1.165) is 12.8 Å². The Hall–Kier alpha value is -1.35. The number of allylic oxidation sites excluding steroid dienone is 1. The maximum absolute atomic E-state index is 12.8. The van der Waals surface area contributed by atoms with Gasteiger partial charge >= 0.3 is 0 Å². The summed E-state index contributed by atoms with van der Waals surface area (Å²) in [6.45, 7) is 14.9. The van der Waals surface area contributed by atoms with Crippen LogP contribution in [0.1, 0.15) is 132 Å². The molecule has 8 fully saturated rings. The highest BCUT2D eigenvalue weighted by Crippen LogP contribution is 2.69. The first-order valence-corrected chi connectivity index (χ1v) is 28.3. The molecule has 5 heterocycles. The third kappa shape index (κ3) is 10.7. The number of carbonyl (C=O) groups is 1. The lowest BCUT2D eigenvalue weighted by atomic mass is 9.44. The van der Waals surface area contributed by atoms with Gasteiger partial charge in [0, 0.05) is 67.7 Å². The largest absolute Gasteiger partial charge is 0.392 e. The molecule has 28 atom stereocenters. The van der Waals surface area contributed by atoms with Crippen molar-refractivity contribution in [2.45, 2.75) is 279 Å². The standard InChI is InChI=1S/C56H92O20/c1-27-48(59)37(62-9)22-44(67-27)73-50-29(3)69-46(24-39(50)64-11)75-52-31(5)71-47(26-41(52)66-13)76-51-30(4)70-45(25-40(51)65-12)74-49-28(2)68-43(23-38(49)63-10)72-34-16-17-53(7)33(20-34)14-15-35-36(53)21-42(58)54(8)55(60,32(6)57)18-19-56(35,54)61/h14,27-31,34-52,58-61H,15-26H2,1-13H3. The van der Waals surface area contributed by atoms with Crippen molar-refractivity contribution >= 4 is 5.78 Å². The highest BCUT2D eigenvalue weighted by atomic mass is 16.8. The van der Waals surface area contributed by atoms with E-state index in [1.807, 2.05) is 27.7 Å². The first kappa shape index (κ1) is 59.3. The molecular formula is C56H92O20. The smallest absolute Gasteiger partial charge is 0.162 e. The molecule has 0 spiro atoms. The van der Waals surface area contributed by atoms with Crippen molar-refractivity contribution in [2.75, 3.05) is 35.5 Å². The highest BCUT2D eigenvalue weighted by molar-refractivity contribution is 5.86. The second-order valence-corrected chi connectivity index (χ2v) is 24.2. The van der Waals surface area contributed by atoms with E-state index < -0.39 is 133 Å². The lowest BCUT2D eigenvalue weighted by molar-refractivity contribution is -0.352. The molecule has 5 aliphatic heterocycles. The zero-order valence-corrected chi connectivity index (χ0v) is 47.2. The fourth-order valence-corrected chi connectivity index (χ4v) is 15.6. The Morgan fingerprint density at radius 1 is 0.539 bits per heavy atom. The van der Waals surface area contributed by atoms with E-state index in [4.69, 9.17) is 71.1 Å². The predicted octanol–water partition coefficient (Wildman–Crippen LogP) is 4.39. The van der Waals surface area contributed by atoms with E-state index >= 15 is 0 Å². The Kier molecular flexibility index (Phi) is 18.3. The molecule has 0 aromatic heterocycles. The van der Waals surface area contributed by atoms with Gasteiger partial charge in [-0.05, 0) is 104 Å². The van der Waals surface area contributed by atoms with Gasteiger partial charge in [0.05, 0.1) is 84.3 Å². The van der Waals surface area contributed by atoms with Crippen LogP contribution in [0.2, 0.25) is 0 Å². The fourth-order valence-electron chi connectivity index (χ4n) is 15.6. The molecule has 436 valence electrons. The zero-order valence-electron chi connectivity index (χ0n) is 47.2. The van der Waals surface area contributed by atoms with Gasteiger partial charge in [-0.1, -0.05) is 25.5 Å². The topological polar surface area (TPSA) is 236 Å². The van der Waals surface area contributed by atoms with Gasteiger partial charge in [-0.25, -0.2) is 0 Å². The van der Waals surface area contributed by atoms with Crippen LogP contribution in [-0.4, -0.2) is 208 Å². The van der Waals surface area contributed by atoms with Crippen molar-refractivity contribution < 1.29 is 96.3 Å². The molecule has 0 aromatic carbocycles. The lowest BCUT2D eigenvalue weighted by Gasteiger charge is -2.63. The molecule has 3 saturated carbocycles. The number of ether oxygens (including phenoxy) is 15. The van der Waals surface area contributed by atoms with Crippen molar-refractivity contribution in [2.24, 2.45) is 22.7 Å². The summed E-state index contributed by atoms with van der Waals surface area (Å²) < 4.78 is 94.6. The summed E-state index contributed by atoms with van der Waals surface area (Å²) in [5.74, 6) is -0.590. The summed E-state index contributed by atoms with van der Waals surface area (Å²) in [5, 5.41) is 46.3. The second kappa shape index (κ2) is 23.5. The number of carbonyl (C=O) groups excluding carboxylic acids is 1. The number of methoxy groups -OCH3 is 5. The highest BCUT2D eigenvalue weighted by Gasteiger charge is 2.75. The summed E-state index contributed by atoms with van der Waals surface area (Å²) in [6.07, 6.45) is -2.84. The van der Waals surface area contributed by atoms with Crippen molar-refractivity contribution in [3.05, 3.63) is 11.6 Å². The maximum Gasteiger partial charge on any atom is 0.162 e. The van der Waals surface area contributed by atoms with Crippen LogP contribution in [0.4, 0.5) is 0 Å². The third-order valence-electron chi connectivity index (χ3n) is 20.3. The molecule has 0 radical (unpaired) electrons. The molecule has 0 bridgehead atoms. The molecule has 4 N–H and O–H groups in total. The van der Waals surface area contributed by atoms with Gasteiger partial charge in [0.2, 0.25) is 0 Å². The molecule has 9 rings (SSSR count). The van der Waals surface area contributed by atoms with E-state index in [9.17, 15) is 25.2 Å². The van der Waals surface area contributed by atoms with Crippen molar-refractivity contribution in [3.8, 4) is 0 Å². The van der Waals surface area contributed by atoms with Crippen LogP contribution in [0.3, 0.4) is 0 Å². The first-order chi connectivity index (χ1) is 36.0. The van der Waals surface area contributed by atoms with Crippen molar-refractivity contribution in [1.29, 1.82) is 0 Å². The zero-order chi connectivity index (χ0) is 54.8. The Balaban J connectivity index is 0.751. The van der Waals surface area contributed by atoms with Gasteiger partial charge < -0.3 is 91.5 Å². The number of aliphatic hydroxyl groups is 4. The Labute approximate surface area is 449 Å². The first-order valence-electron chi connectivity index (χ1n) is 28.3. The van der Waals surface area contributed by atoms with E-state index in [1.165, 1.54) is 12.5 Å². The molecule has 5 saturated heterocycles. The normalized spacial score (nSPS) is 52.8. The number of Topliss-reactive ketones (excluding diaryl/α,β-unsaturated/α-hetero) is 1. The van der Waals surface area contributed by atoms with Crippen LogP contribution in [-0.2, 0) is 75.8 Å². The van der Waals surface area contributed by atoms with Gasteiger partial charge in [-0.15, -0.1) is 0 Å². The summed E-state index contributed by atoms with van der Waals surface area (Å²) in [7, 11) is 8.19. The van der Waals surface area contributed by atoms with Crippen LogP contribution in [0.5, 0.6) is 0 Å². The van der Waals surface area contributed by atoms with Gasteiger partial charge in [0.15, 0.2) is 37.2 Å². The Morgan fingerprint density at radius 3 is 1.34 bits per heavy atom. The summed E-state index contributed by atoms with van der Waals surface area (Å²) in [6, 6.07) is 0. The van der Waals surface area contributed by atoms with Crippen LogP contribution in [0.25, 0.3) is 0 Å². The Morgan fingerprint density at radius 2 is 0.934 bits per heavy atom. The number of hydrogen-bond acceptors (Lipinski definition) is 20. The minimum absolute atomic E-state index is 0.00695. The monoisotopic (exact) mass is 1080 g/mol. The van der Waals surface area contributed by atoms with Crippen LogP contribution in [0.15, 0.2) is 11.6 Å². The number of rotatable bonds is 16. The molecule has 0 aromatic rings. The van der Waals surface area contributed by atoms with E-state index in [-0.39, 0.29) is 54.5 Å². The number of hydrogen-bond donors (Lipinski definition) is 4. The minimum Gasteiger partial charge on any atom is -0.392 e. The third-order valence-corrected chi connectivity index (χ3v) is 20.3. The summed E-state index contributed by atoms with van der Waals surface area (Å²) in [4.78, 5) is 12.8. The maximum atomic E-state index is 12.8. The minimum atomic E-state index is -1.77. The molecule has 20 heteroatoms. The van der Waals surface area contributed by atoms with Gasteiger partial charge in [-0.2, -0.15) is 0 Å². The van der Waals surface area contributed by atoms with E-state index in [0.29, 0.717) is 51.4 Å². The Bertz CT molecular complexity index is 2000. The molecule has 4 aliphatic carbocycles. The average molecular weight is 1090 g/mol. The molecule has 20 nitrogen and oxygen atoms in total. The number of ketones is 1. The number of aliphatic hydroxyl groups excluding tert-OH is 2. The second-order valence-electron chi connectivity index (χ2n) is 24.2. The van der Waals surface area contributed by atoms with E-state index in [2.05, 4.69) is 13.0 Å². The SMILES string of the molecule is COC1CC(OC2C(C)OC(OC3C(C)OC(OC4C(C)OC(OC5C(C)OC(OC6CCC7(C)C(=CCC8C7CC(O)C7(C)C(O)(C(C)=O)CCC87O)C6)CC5OC)CC4OC)CC3OC)CC2OC)OC(C)C1O. The fraction of sp³-hybridized carbons (Fsp3) is 0.946. The molecular weight excluding hydrogens is 993 g/mol. The van der Waals surface area contributed by atoms with Crippen molar-refractivity contribution in [1.82, 2.24) is 0 Å². The van der Waals surface area contributed by atoms with Crippen LogP contribution >= 0.6 is 0 Å². The number of fused-ring (bicyclic) bond motifs is 5. The van der Waals surface area contributed by atoms with Gasteiger partial charge in [0.25, 0.3) is 0 Å². The molecule has 0 amide bonds. The summed E-state index contributed by atoms with van der Waals surface area (Å²) in [5.41, 5.74) is -3.48. The van der Waals surface area contributed by atoms with Gasteiger partial charge in [0.1, 0.15) is 36.1 Å². The average Bonchev–Trinajstić information content (AvgIpc) is 3.76. The van der Waals surface area contributed by atoms with Crippen LogP contribution in [0, 0.1) is 22.7 Å².